The van der Waals surface area contributed by atoms with E-state index in [1.165, 1.54) is 19.3 Å². The number of aromatic nitrogens is 2. The molecule has 0 aromatic carbocycles. The first-order valence-corrected chi connectivity index (χ1v) is 11.9. The topological polar surface area (TPSA) is 66.7 Å². The van der Waals surface area contributed by atoms with Crippen LogP contribution in [-0.2, 0) is 0 Å². The Morgan fingerprint density at radius 3 is 2.65 bits per heavy atom. The Labute approximate surface area is 184 Å². The zero-order valence-electron chi connectivity index (χ0n) is 18.9. The Kier molecular flexibility index (Phi) is 5.06. The average molecular weight is 423 g/mol. The van der Waals surface area contributed by atoms with Gasteiger partial charge in [0.05, 0.1) is 0 Å². The molecule has 31 heavy (non-hydrogen) atoms. The Balaban J connectivity index is 1.29. The average Bonchev–Trinajstić information content (AvgIpc) is 3.22. The summed E-state index contributed by atoms with van der Waals surface area (Å²) in [5, 5.41) is 3.18. The maximum atomic E-state index is 13.0. The maximum Gasteiger partial charge on any atom is 0.274 e. The number of fused-ring (bicyclic) bond motifs is 3. The molecule has 4 fully saturated rings. The van der Waals surface area contributed by atoms with Crippen molar-refractivity contribution in [2.24, 2.45) is 29.1 Å². The van der Waals surface area contributed by atoms with Crippen LogP contribution in [0.3, 0.4) is 0 Å². The van der Waals surface area contributed by atoms with Crippen molar-refractivity contribution >= 4 is 17.5 Å². The third kappa shape index (κ3) is 3.54. The van der Waals surface area contributed by atoms with Crippen molar-refractivity contribution in [1.29, 1.82) is 0 Å². The van der Waals surface area contributed by atoms with E-state index in [1.807, 2.05) is 23.1 Å². The molecule has 2 aromatic rings. The lowest BCUT2D eigenvalue weighted by molar-refractivity contribution is -0.103. The van der Waals surface area contributed by atoms with Crippen LogP contribution in [-0.4, -0.2) is 45.7 Å². The van der Waals surface area contributed by atoms with Crippen molar-refractivity contribution in [3.8, 4) is 0 Å². The summed E-state index contributed by atoms with van der Waals surface area (Å²) >= 11 is 0. The molecule has 2 aromatic heterocycles. The second-order valence-electron chi connectivity index (χ2n) is 10.6. The van der Waals surface area contributed by atoms with E-state index in [1.54, 1.807) is 10.6 Å². The summed E-state index contributed by atoms with van der Waals surface area (Å²) < 4.78 is 1.76. The number of piperidine rings is 1. The van der Waals surface area contributed by atoms with Gasteiger partial charge < -0.3 is 10.2 Å². The molecule has 0 unspecified atom stereocenters. The summed E-state index contributed by atoms with van der Waals surface area (Å²) in [7, 11) is 0. The number of amides is 2. The van der Waals surface area contributed by atoms with Crippen LogP contribution < -0.4 is 5.32 Å². The van der Waals surface area contributed by atoms with E-state index in [9.17, 15) is 9.59 Å². The highest BCUT2D eigenvalue weighted by molar-refractivity contribution is 5.95. The molecule has 1 aliphatic heterocycles. The standard InChI is InChI=1S/C25H34N4O2/c1-16-9-11-28(12-10-16)24(31)20-15-29-21(5-4-6-22(29)27-20)23(30)26-14-17-7-8-18-13-19(17)25(18,2)3/h4-6,15-19H,7-14H2,1-3H3,(H,26,30)/t17-,18-,19+/m0/s1. The van der Waals surface area contributed by atoms with Crippen molar-refractivity contribution < 1.29 is 9.59 Å². The van der Waals surface area contributed by atoms with Gasteiger partial charge in [0, 0.05) is 25.8 Å². The van der Waals surface area contributed by atoms with E-state index >= 15 is 0 Å². The number of imidazole rings is 1. The van der Waals surface area contributed by atoms with Crippen molar-refractivity contribution in [2.45, 2.75) is 52.9 Å². The molecule has 3 atom stereocenters. The van der Waals surface area contributed by atoms with E-state index in [2.05, 4.69) is 31.1 Å². The number of carbonyl (C=O) groups is 2. The third-order valence-corrected chi connectivity index (χ3v) is 8.54. The molecule has 0 spiro atoms. The molecule has 3 aliphatic carbocycles. The molecule has 0 radical (unpaired) electrons. The highest BCUT2D eigenvalue weighted by Crippen LogP contribution is 2.61. The van der Waals surface area contributed by atoms with Crippen molar-refractivity contribution in [1.82, 2.24) is 19.6 Å². The first-order valence-electron chi connectivity index (χ1n) is 11.9. The zero-order chi connectivity index (χ0) is 21.8. The summed E-state index contributed by atoms with van der Waals surface area (Å²) in [6, 6.07) is 5.50. The molecule has 166 valence electrons. The Hall–Kier alpha value is -2.37. The summed E-state index contributed by atoms with van der Waals surface area (Å²) in [6.07, 6.45) is 7.60. The lowest BCUT2D eigenvalue weighted by atomic mass is 9.45. The number of carbonyl (C=O) groups excluding carboxylic acids is 2. The van der Waals surface area contributed by atoms with Crippen LogP contribution in [0.1, 0.15) is 73.9 Å². The van der Waals surface area contributed by atoms with Gasteiger partial charge in [0.1, 0.15) is 17.0 Å². The molecule has 2 amide bonds. The highest BCUT2D eigenvalue weighted by Gasteiger charge is 2.53. The van der Waals surface area contributed by atoms with Gasteiger partial charge in [-0.15, -0.1) is 0 Å². The Morgan fingerprint density at radius 1 is 1.16 bits per heavy atom. The Bertz CT molecular complexity index is 1000. The van der Waals surface area contributed by atoms with Crippen molar-refractivity contribution in [3.05, 3.63) is 35.8 Å². The predicted molar refractivity (Wildman–Crippen MR) is 120 cm³/mol. The SMILES string of the molecule is CC1CCN(C(=O)c2cn3c(C(=O)NC[C@@H]4CC[C@H]5C[C@H]4C5(C)C)cccc3n2)CC1. The van der Waals surface area contributed by atoms with E-state index in [4.69, 9.17) is 0 Å². The van der Waals surface area contributed by atoms with Crippen LogP contribution in [0.2, 0.25) is 0 Å². The first-order chi connectivity index (χ1) is 14.8. The lowest BCUT2D eigenvalue weighted by Crippen LogP contribution is -2.54. The minimum Gasteiger partial charge on any atom is -0.350 e. The second kappa shape index (κ2) is 7.64. The van der Waals surface area contributed by atoms with E-state index in [0.717, 1.165) is 38.4 Å². The van der Waals surface area contributed by atoms with E-state index in [0.29, 0.717) is 40.2 Å². The lowest BCUT2D eigenvalue weighted by Gasteiger charge is -2.60. The summed E-state index contributed by atoms with van der Waals surface area (Å²) in [4.78, 5) is 32.4. The molecule has 1 saturated heterocycles. The number of nitrogens with one attached hydrogen (secondary N) is 1. The van der Waals surface area contributed by atoms with Gasteiger partial charge in [0.15, 0.2) is 0 Å². The molecule has 1 N–H and O–H groups in total. The van der Waals surface area contributed by atoms with Gasteiger partial charge in [-0.2, -0.15) is 0 Å². The van der Waals surface area contributed by atoms with Crippen LogP contribution in [0.25, 0.3) is 5.65 Å². The van der Waals surface area contributed by atoms with Gasteiger partial charge in [-0.05, 0) is 73.3 Å². The summed E-state index contributed by atoms with van der Waals surface area (Å²) in [6.45, 7) is 9.28. The van der Waals surface area contributed by atoms with Crippen LogP contribution >= 0.6 is 0 Å². The van der Waals surface area contributed by atoms with Gasteiger partial charge in [0.25, 0.3) is 11.8 Å². The fraction of sp³-hybridized carbons (Fsp3) is 0.640. The van der Waals surface area contributed by atoms with Crippen LogP contribution in [0.4, 0.5) is 0 Å². The van der Waals surface area contributed by atoms with Crippen LogP contribution in [0.5, 0.6) is 0 Å². The fourth-order valence-corrected chi connectivity index (χ4v) is 6.19. The van der Waals surface area contributed by atoms with E-state index < -0.39 is 0 Å². The smallest absolute Gasteiger partial charge is 0.274 e. The van der Waals surface area contributed by atoms with Crippen LogP contribution in [0, 0.1) is 29.1 Å². The van der Waals surface area contributed by atoms with Gasteiger partial charge >= 0.3 is 0 Å². The summed E-state index contributed by atoms with van der Waals surface area (Å²) in [5.74, 6) is 2.68. The minimum atomic E-state index is -0.0898. The number of likely N-dealkylation sites (tertiary alicyclic amines) is 1. The minimum absolute atomic E-state index is 0.0362. The molecule has 2 bridgehead atoms. The first kappa shape index (κ1) is 20.5. The van der Waals surface area contributed by atoms with Gasteiger partial charge in [-0.3, -0.25) is 14.0 Å². The van der Waals surface area contributed by atoms with Gasteiger partial charge in [0.2, 0.25) is 0 Å². The monoisotopic (exact) mass is 422 g/mol. The maximum absolute atomic E-state index is 13.0. The number of nitrogens with zero attached hydrogens (tertiary/aromatic N) is 3. The summed E-state index contributed by atoms with van der Waals surface area (Å²) in [5.41, 5.74) is 2.02. The molecule has 6 heteroatoms. The number of hydrogen-bond acceptors (Lipinski definition) is 3. The number of rotatable bonds is 4. The third-order valence-electron chi connectivity index (χ3n) is 8.54. The van der Waals surface area contributed by atoms with Crippen LogP contribution in [0.15, 0.2) is 24.4 Å². The Morgan fingerprint density at radius 2 is 1.94 bits per heavy atom. The zero-order valence-corrected chi connectivity index (χ0v) is 18.9. The molecule has 3 heterocycles. The number of hydrogen-bond donors (Lipinski definition) is 1. The molecule has 3 saturated carbocycles. The van der Waals surface area contributed by atoms with Gasteiger partial charge in [-0.25, -0.2) is 4.98 Å². The largest absolute Gasteiger partial charge is 0.350 e. The molecule has 6 nitrogen and oxygen atoms in total. The quantitative estimate of drug-likeness (QED) is 0.810. The predicted octanol–water partition coefficient (Wildman–Crippen LogP) is 4.01. The molecular formula is C25H34N4O2. The fourth-order valence-electron chi connectivity index (χ4n) is 6.19. The van der Waals surface area contributed by atoms with Crippen molar-refractivity contribution in [2.75, 3.05) is 19.6 Å². The normalized spacial score (nSPS) is 27.7. The second-order valence-corrected chi connectivity index (χ2v) is 10.6. The molecular weight excluding hydrogens is 388 g/mol. The molecule has 6 rings (SSSR count). The van der Waals surface area contributed by atoms with Crippen molar-refractivity contribution in [3.63, 3.8) is 0 Å². The highest BCUT2D eigenvalue weighted by atomic mass is 16.2. The van der Waals surface area contributed by atoms with Gasteiger partial charge in [-0.1, -0.05) is 26.8 Å². The van der Waals surface area contributed by atoms with E-state index in [-0.39, 0.29) is 11.8 Å². The number of pyridine rings is 1. The molecule has 4 aliphatic rings.